The number of unbranched alkanes of at least 4 members (excludes halogenated alkanes) is 5. The molecular weight excluding hydrogens is 278 g/mol. The van der Waals surface area contributed by atoms with Crippen LogP contribution in [0.3, 0.4) is 0 Å². The zero-order valence-corrected chi connectivity index (χ0v) is 13.6. The van der Waals surface area contributed by atoms with Gasteiger partial charge in [-0.05, 0) is 6.42 Å². The van der Waals surface area contributed by atoms with Gasteiger partial charge in [-0.2, -0.15) is 0 Å². The van der Waals surface area contributed by atoms with Crippen LogP contribution >= 0.6 is 21.6 Å². The van der Waals surface area contributed by atoms with E-state index < -0.39 is 0 Å². The van der Waals surface area contributed by atoms with Crippen molar-refractivity contribution in [2.24, 2.45) is 5.73 Å². The van der Waals surface area contributed by atoms with E-state index in [9.17, 15) is 9.59 Å². The molecule has 0 saturated heterocycles. The smallest absolute Gasteiger partial charge is 0.137 e. The Morgan fingerprint density at radius 1 is 1.11 bits per heavy atom. The van der Waals surface area contributed by atoms with Gasteiger partial charge in [0.2, 0.25) is 0 Å². The van der Waals surface area contributed by atoms with Crippen LogP contribution in [0.15, 0.2) is 0 Å². The topological polar surface area (TPSA) is 60.2 Å². The highest BCUT2D eigenvalue weighted by molar-refractivity contribution is 8.76. The monoisotopic (exact) mass is 305 g/mol. The van der Waals surface area contributed by atoms with Crippen molar-refractivity contribution in [3.63, 3.8) is 0 Å². The first-order valence-electron chi connectivity index (χ1n) is 7.17. The number of hydrogen-bond donors (Lipinski definition) is 1. The van der Waals surface area contributed by atoms with Gasteiger partial charge in [0, 0.05) is 24.3 Å². The average molecular weight is 306 g/mol. The molecule has 19 heavy (non-hydrogen) atoms. The summed E-state index contributed by atoms with van der Waals surface area (Å²) in [7, 11) is 3.21. The van der Waals surface area contributed by atoms with Gasteiger partial charge in [-0.25, -0.2) is 0 Å². The van der Waals surface area contributed by atoms with Gasteiger partial charge in [-0.3, -0.25) is 4.79 Å². The number of carbonyl (C=O) groups excluding carboxylic acids is 2. The number of nitrogens with two attached hydrogens (primary N) is 1. The van der Waals surface area contributed by atoms with E-state index in [1.165, 1.54) is 32.1 Å². The molecule has 0 fully saturated rings. The maximum atomic E-state index is 11.6. The lowest BCUT2D eigenvalue weighted by Gasteiger charge is -2.03. The van der Waals surface area contributed by atoms with Crippen molar-refractivity contribution < 1.29 is 9.59 Å². The predicted molar refractivity (Wildman–Crippen MR) is 86.6 cm³/mol. The number of hydrogen-bond acceptors (Lipinski definition) is 5. The predicted octanol–water partition coefficient (Wildman–Crippen LogP) is 3.60. The van der Waals surface area contributed by atoms with Crippen molar-refractivity contribution in [1.82, 2.24) is 0 Å². The summed E-state index contributed by atoms with van der Waals surface area (Å²) >= 11 is 0. The minimum Gasteiger partial charge on any atom is -0.321 e. The Kier molecular flexibility index (Phi) is 14.4. The fraction of sp³-hybridized carbons (Fsp3) is 0.857. The molecule has 0 bridgehead atoms. The first kappa shape index (κ1) is 19.0. The molecular formula is C14H27NO2S2. The van der Waals surface area contributed by atoms with E-state index in [2.05, 4.69) is 6.92 Å². The highest BCUT2D eigenvalue weighted by Crippen LogP contribution is 2.22. The quantitative estimate of drug-likeness (QED) is 0.302. The molecule has 0 radical (unpaired) electrons. The maximum absolute atomic E-state index is 11.6. The molecule has 0 aromatic carbocycles. The lowest BCUT2D eigenvalue weighted by Crippen LogP contribution is -2.23. The largest absolute Gasteiger partial charge is 0.321 e. The normalized spacial score (nSPS) is 12.3. The first-order chi connectivity index (χ1) is 9.20. The number of ketones is 1. The molecule has 0 spiro atoms. The van der Waals surface area contributed by atoms with E-state index in [0.29, 0.717) is 18.0 Å². The van der Waals surface area contributed by atoms with Crippen LogP contribution in [0.5, 0.6) is 0 Å². The van der Waals surface area contributed by atoms with Gasteiger partial charge in [0.05, 0.1) is 6.04 Å². The van der Waals surface area contributed by atoms with Gasteiger partial charge in [-0.15, -0.1) is 0 Å². The minimum atomic E-state index is -0.378. The van der Waals surface area contributed by atoms with Gasteiger partial charge >= 0.3 is 0 Å². The standard InChI is InChI=1S/C14H27NO2S2/c1-2-3-4-5-6-7-8-14(17)9-10-18-19-12-13(15)11-16/h11,13H,2-10,12,15H2,1H3. The van der Waals surface area contributed by atoms with Crippen LogP contribution in [0.4, 0.5) is 0 Å². The van der Waals surface area contributed by atoms with Crippen molar-refractivity contribution in [3.8, 4) is 0 Å². The molecule has 0 amide bonds. The van der Waals surface area contributed by atoms with Gasteiger partial charge in [0.25, 0.3) is 0 Å². The summed E-state index contributed by atoms with van der Waals surface area (Å²) < 4.78 is 0. The summed E-state index contributed by atoms with van der Waals surface area (Å²) in [5.74, 6) is 1.81. The fourth-order valence-corrected chi connectivity index (χ4v) is 3.73. The minimum absolute atomic E-state index is 0.364. The number of aldehydes is 1. The molecule has 0 aromatic rings. The van der Waals surface area contributed by atoms with E-state index in [4.69, 9.17) is 5.73 Å². The van der Waals surface area contributed by atoms with Crippen LogP contribution in [0.25, 0.3) is 0 Å². The van der Waals surface area contributed by atoms with Crippen molar-refractivity contribution >= 4 is 33.7 Å². The molecule has 0 aromatic heterocycles. The van der Waals surface area contributed by atoms with Crippen LogP contribution in [0.2, 0.25) is 0 Å². The molecule has 1 unspecified atom stereocenters. The number of carbonyl (C=O) groups is 2. The second kappa shape index (κ2) is 14.4. The van der Waals surface area contributed by atoms with E-state index in [1.54, 1.807) is 21.6 Å². The maximum Gasteiger partial charge on any atom is 0.137 e. The molecule has 3 nitrogen and oxygen atoms in total. The van der Waals surface area contributed by atoms with Gasteiger partial charge in [0.1, 0.15) is 12.1 Å². The van der Waals surface area contributed by atoms with Gasteiger partial charge in [0.15, 0.2) is 0 Å². The van der Waals surface area contributed by atoms with Crippen LogP contribution in [-0.2, 0) is 9.59 Å². The summed E-state index contributed by atoms with van der Waals surface area (Å²) in [6.45, 7) is 2.21. The summed E-state index contributed by atoms with van der Waals surface area (Å²) in [5, 5.41) is 0. The van der Waals surface area contributed by atoms with Crippen LogP contribution in [-0.4, -0.2) is 29.6 Å². The Hall–Kier alpha value is -0.0000000000000000555. The van der Waals surface area contributed by atoms with E-state index in [1.807, 2.05) is 0 Å². The lowest BCUT2D eigenvalue weighted by molar-refractivity contribution is -0.118. The Balaban J connectivity index is 3.23. The Bertz CT molecular complexity index is 237. The third kappa shape index (κ3) is 14.2. The van der Waals surface area contributed by atoms with Crippen molar-refractivity contribution in [3.05, 3.63) is 0 Å². The van der Waals surface area contributed by atoms with Crippen molar-refractivity contribution in [2.75, 3.05) is 11.5 Å². The molecule has 0 aliphatic carbocycles. The van der Waals surface area contributed by atoms with Crippen molar-refractivity contribution in [2.45, 2.75) is 64.3 Å². The SMILES string of the molecule is CCCCCCCCC(=O)CCSSCC(N)C=O. The molecule has 0 rings (SSSR count). The van der Waals surface area contributed by atoms with Crippen molar-refractivity contribution in [1.29, 1.82) is 0 Å². The highest BCUT2D eigenvalue weighted by atomic mass is 33.1. The number of rotatable bonds is 14. The Morgan fingerprint density at radius 3 is 2.47 bits per heavy atom. The fourth-order valence-electron chi connectivity index (χ4n) is 1.61. The second-order valence-electron chi connectivity index (χ2n) is 4.71. The Labute approximate surface area is 125 Å². The van der Waals surface area contributed by atoms with E-state index in [0.717, 1.165) is 24.9 Å². The molecule has 0 aliphatic heterocycles. The molecule has 0 saturated carbocycles. The first-order valence-corrected chi connectivity index (χ1v) is 9.66. The Morgan fingerprint density at radius 2 is 1.79 bits per heavy atom. The highest BCUT2D eigenvalue weighted by Gasteiger charge is 2.04. The molecule has 1 atom stereocenters. The second-order valence-corrected chi connectivity index (χ2v) is 7.34. The summed E-state index contributed by atoms with van der Waals surface area (Å²) in [6.07, 6.45) is 9.49. The molecule has 2 N–H and O–H groups in total. The van der Waals surface area contributed by atoms with Crippen LogP contribution < -0.4 is 5.73 Å². The summed E-state index contributed by atoms with van der Waals surface area (Å²) in [4.78, 5) is 21.9. The van der Waals surface area contributed by atoms with Gasteiger partial charge in [-0.1, -0.05) is 60.6 Å². The third-order valence-electron chi connectivity index (χ3n) is 2.79. The van der Waals surface area contributed by atoms with Crippen LogP contribution in [0.1, 0.15) is 58.3 Å². The summed E-state index contributed by atoms with van der Waals surface area (Å²) in [6, 6.07) is -0.378. The molecule has 5 heteroatoms. The average Bonchev–Trinajstić information content (AvgIpc) is 2.42. The summed E-state index contributed by atoms with van der Waals surface area (Å²) in [5.41, 5.74) is 5.46. The third-order valence-corrected chi connectivity index (χ3v) is 5.26. The number of Topliss-reactive ketones (excluding diaryl/α,β-unsaturated/α-hetero) is 1. The molecule has 0 heterocycles. The van der Waals surface area contributed by atoms with E-state index in [-0.39, 0.29) is 6.04 Å². The molecule has 0 aliphatic rings. The van der Waals surface area contributed by atoms with E-state index >= 15 is 0 Å². The van der Waals surface area contributed by atoms with Gasteiger partial charge < -0.3 is 10.5 Å². The van der Waals surface area contributed by atoms with Crippen LogP contribution in [0, 0.1) is 0 Å². The zero-order chi connectivity index (χ0) is 14.3. The lowest BCUT2D eigenvalue weighted by atomic mass is 10.1. The molecule has 112 valence electrons. The zero-order valence-electron chi connectivity index (χ0n) is 11.9.